The maximum Gasteiger partial charge on any atom is 0.259 e. The highest BCUT2D eigenvalue weighted by atomic mass is 16.2. The van der Waals surface area contributed by atoms with Gasteiger partial charge in [0.05, 0.1) is 0 Å². The molecule has 0 radical (unpaired) electrons. The summed E-state index contributed by atoms with van der Waals surface area (Å²) in [6.07, 6.45) is 0.505. The summed E-state index contributed by atoms with van der Waals surface area (Å²) in [5.41, 5.74) is 5.31. The summed E-state index contributed by atoms with van der Waals surface area (Å²) in [7, 11) is 0. The van der Waals surface area contributed by atoms with Crippen LogP contribution in [0.15, 0.2) is 72.8 Å². The molecule has 4 rings (SSSR count). The van der Waals surface area contributed by atoms with Crippen LogP contribution in [0.3, 0.4) is 0 Å². The van der Waals surface area contributed by atoms with Crippen molar-refractivity contribution in [3.63, 3.8) is 0 Å². The Labute approximate surface area is 164 Å². The van der Waals surface area contributed by atoms with Crippen molar-refractivity contribution in [1.82, 2.24) is 0 Å². The smallest absolute Gasteiger partial charge is 0.259 e. The van der Waals surface area contributed by atoms with Gasteiger partial charge in [0, 0.05) is 23.4 Å². The summed E-state index contributed by atoms with van der Waals surface area (Å²) in [4.78, 5) is 28.0. The number of hydrogen-bond donors (Lipinski definition) is 1. The molecule has 0 fully saturated rings. The number of anilines is 2. The summed E-state index contributed by atoms with van der Waals surface area (Å²) in [6.45, 7) is 3.99. The van der Waals surface area contributed by atoms with Gasteiger partial charge in [0.25, 0.3) is 5.91 Å². The average Bonchev–Trinajstić information content (AvgIpc) is 3.10. The van der Waals surface area contributed by atoms with Crippen LogP contribution in [0.1, 0.15) is 27.0 Å². The number of benzene rings is 3. The molecule has 0 aromatic heterocycles. The van der Waals surface area contributed by atoms with Crippen LogP contribution < -0.4 is 10.2 Å². The highest BCUT2D eigenvalue weighted by molar-refractivity contribution is 6.13. The summed E-state index contributed by atoms with van der Waals surface area (Å²) in [5.74, 6) is -0.334. The molecule has 140 valence electrons. The molecule has 1 heterocycles. The molecule has 0 spiro atoms. The van der Waals surface area contributed by atoms with Crippen molar-refractivity contribution in [2.45, 2.75) is 26.3 Å². The van der Waals surface area contributed by atoms with Gasteiger partial charge in [-0.25, -0.2) is 0 Å². The average molecular weight is 370 g/mol. The SMILES string of the molecule is Cc1ccc(NC(=O)[C@H]2Cc3ccccc3N2C(=O)c2ccccc2)c(C)c1. The second-order valence-electron chi connectivity index (χ2n) is 7.20. The zero-order valence-electron chi connectivity index (χ0n) is 16.0. The van der Waals surface area contributed by atoms with Crippen molar-refractivity contribution < 1.29 is 9.59 Å². The van der Waals surface area contributed by atoms with Crippen LogP contribution in [0, 0.1) is 13.8 Å². The zero-order valence-corrected chi connectivity index (χ0v) is 16.0. The second kappa shape index (κ2) is 7.31. The van der Waals surface area contributed by atoms with Gasteiger partial charge in [-0.2, -0.15) is 0 Å². The Morgan fingerprint density at radius 3 is 2.39 bits per heavy atom. The van der Waals surface area contributed by atoms with Gasteiger partial charge in [-0.15, -0.1) is 0 Å². The van der Waals surface area contributed by atoms with E-state index in [1.807, 2.05) is 74.5 Å². The first-order valence-corrected chi connectivity index (χ1v) is 9.39. The number of rotatable bonds is 3. The Hall–Kier alpha value is -3.40. The van der Waals surface area contributed by atoms with Crippen LogP contribution in [0.4, 0.5) is 11.4 Å². The van der Waals surface area contributed by atoms with E-state index in [-0.39, 0.29) is 11.8 Å². The van der Waals surface area contributed by atoms with Gasteiger partial charge < -0.3 is 5.32 Å². The Morgan fingerprint density at radius 2 is 1.64 bits per heavy atom. The van der Waals surface area contributed by atoms with E-state index < -0.39 is 6.04 Å². The summed E-state index contributed by atoms with van der Waals surface area (Å²) in [5, 5.41) is 3.02. The molecule has 1 aliphatic heterocycles. The standard InChI is InChI=1S/C24H22N2O2/c1-16-12-13-20(17(2)14-16)25-23(27)22-15-19-10-6-7-11-21(19)26(22)24(28)18-8-4-3-5-9-18/h3-14,22H,15H2,1-2H3,(H,25,27)/t22-/m1/s1. The van der Waals surface area contributed by atoms with Gasteiger partial charge in [0.1, 0.15) is 6.04 Å². The van der Waals surface area contributed by atoms with E-state index in [4.69, 9.17) is 0 Å². The van der Waals surface area contributed by atoms with Gasteiger partial charge in [-0.3, -0.25) is 14.5 Å². The number of para-hydroxylation sites is 1. The fraction of sp³-hybridized carbons (Fsp3) is 0.167. The normalized spacial score (nSPS) is 15.2. The zero-order chi connectivity index (χ0) is 19.7. The third-order valence-electron chi connectivity index (χ3n) is 5.16. The van der Waals surface area contributed by atoms with E-state index in [0.29, 0.717) is 12.0 Å². The maximum absolute atomic E-state index is 13.2. The van der Waals surface area contributed by atoms with Crippen LogP contribution in [-0.4, -0.2) is 17.9 Å². The monoisotopic (exact) mass is 370 g/mol. The van der Waals surface area contributed by atoms with E-state index in [2.05, 4.69) is 5.32 Å². The highest BCUT2D eigenvalue weighted by Gasteiger charge is 2.38. The first-order chi connectivity index (χ1) is 13.5. The molecular formula is C24H22N2O2. The van der Waals surface area contributed by atoms with Crippen molar-refractivity contribution in [1.29, 1.82) is 0 Å². The fourth-order valence-corrected chi connectivity index (χ4v) is 3.74. The summed E-state index contributed by atoms with van der Waals surface area (Å²) < 4.78 is 0. The van der Waals surface area contributed by atoms with Gasteiger partial charge in [-0.05, 0) is 49.2 Å². The Bertz CT molecular complexity index is 1040. The minimum atomic E-state index is -0.578. The molecule has 0 bridgehead atoms. The molecule has 0 unspecified atom stereocenters. The lowest BCUT2D eigenvalue weighted by atomic mass is 10.1. The van der Waals surface area contributed by atoms with Gasteiger partial charge in [0.15, 0.2) is 0 Å². The number of carbonyl (C=O) groups is 2. The van der Waals surface area contributed by atoms with Crippen LogP contribution in [0.25, 0.3) is 0 Å². The Balaban J connectivity index is 1.67. The van der Waals surface area contributed by atoms with Crippen LogP contribution in [-0.2, 0) is 11.2 Å². The van der Waals surface area contributed by atoms with Crippen molar-refractivity contribution in [2.75, 3.05) is 10.2 Å². The highest BCUT2D eigenvalue weighted by Crippen LogP contribution is 2.34. The molecule has 0 saturated heterocycles. The fourth-order valence-electron chi connectivity index (χ4n) is 3.74. The van der Waals surface area contributed by atoms with Gasteiger partial charge >= 0.3 is 0 Å². The number of hydrogen-bond acceptors (Lipinski definition) is 2. The molecule has 3 aromatic rings. The predicted molar refractivity (Wildman–Crippen MR) is 112 cm³/mol. The molecule has 0 aliphatic carbocycles. The molecule has 4 heteroatoms. The number of nitrogens with one attached hydrogen (secondary N) is 1. The van der Waals surface area contributed by atoms with Crippen molar-refractivity contribution >= 4 is 23.2 Å². The predicted octanol–water partition coefficient (Wildman–Crippen LogP) is 4.51. The Morgan fingerprint density at radius 1 is 0.929 bits per heavy atom. The lowest BCUT2D eigenvalue weighted by Gasteiger charge is -2.25. The van der Waals surface area contributed by atoms with Crippen molar-refractivity contribution in [2.24, 2.45) is 0 Å². The molecule has 28 heavy (non-hydrogen) atoms. The van der Waals surface area contributed by atoms with Crippen LogP contribution >= 0.6 is 0 Å². The molecule has 1 N–H and O–H groups in total. The minimum absolute atomic E-state index is 0.161. The number of fused-ring (bicyclic) bond motifs is 1. The number of nitrogens with zero attached hydrogens (tertiary/aromatic N) is 1. The second-order valence-corrected chi connectivity index (χ2v) is 7.20. The van der Waals surface area contributed by atoms with E-state index in [9.17, 15) is 9.59 Å². The van der Waals surface area contributed by atoms with Gasteiger partial charge in [-0.1, -0.05) is 54.1 Å². The van der Waals surface area contributed by atoms with E-state index in [1.54, 1.807) is 17.0 Å². The lowest BCUT2D eigenvalue weighted by Crippen LogP contribution is -2.45. The van der Waals surface area contributed by atoms with Gasteiger partial charge in [0.2, 0.25) is 5.91 Å². The molecule has 1 atom stereocenters. The molecule has 0 saturated carbocycles. The largest absolute Gasteiger partial charge is 0.324 e. The van der Waals surface area contributed by atoms with Crippen LogP contribution in [0.2, 0.25) is 0 Å². The first kappa shape index (κ1) is 18.0. The molecular weight excluding hydrogens is 348 g/mol. The lowest BCUT2D eigenvalue weighted by molar-refractivity contribution is -0.117. The molecule has 1 aliphatic rings. The van der Waals surface area contributed by atoms with E-state index >= 15 is 0 Å². The molecule has 4 nitrogen and oxygen atoms in total. The summed E-state index contributed by atoms with van der Waals surface area (Å²) >= 11 is 0. The van der Waals surface area contributed by atoms with Crippen molar-refractivity contribution in [3.8, 4) is 0 Å². The number of carbonyl (C=O) groups excluding carboxylic acids is 2. The number of amides is 2. The first-order valence-electron chi connectivity index (χ1n) is 9.39. The molecule has 2 amide bonds. The van der Waals surface area contributed by atoms with E-state index in [1.165, 1.54) is 0 Å². The topological polar surface area (TPSA) is 49.4 Å². The van der Waals surface area contributed by atoms with Crippen molar-refractivity contribution in [3.05, 3.63) is 95.1 Å². The molecule has 3 aromatic carbocycles. The Kier molecular flexibility index (Phi) is 4.70. The third-order valence-corrected chi connectivity index (χ3v) is 5.16. The third kappa shape index (κ3) is 3.29. The van der Waals surface area contributed by atoms with E-state index in [0.717, 1.165) is 28.1 Å². The minimum Gasteiger partial charge on any atom is -0.324 e. The quantitative estimate of drug-likeness (QED) is 0.737. The maximum atomic E-state index is 13.2. The number of aryl methyl sites for hydroxylation is 2. The summed E-state index contributed by atoms with van der Waals surface area (Å²) in [6, 6.07) is 22.2. The van der Waals surface area contributed by atoms with Crippen LogP contribution in [0.5, 0.6) is 0 Å².